The van der Waals surface area contributed by atoms with Gasteiger partial charge in [0.25, 0.3) is 0 Å². The van der Waals surface area contributed by atoms with Gasteiger partial charge >= 0.3 is 0 Å². The van der Waals surface area contributed by atoms with Gasteiger partial charge in [-0.1, -0.05) is 60.7 Å². The van der Waals surface area contributed by atoms with Crippen molar-refractivity contribution in [2.45, 2.75) is 20.3 Å². The number of piperazine rings is 1. The van der Waals surface area contributed by atoms with E-state index in [1.807, 2.05) is 68.4 Å². The Morgan fingerprint density at radius 1 is 0.686 bits per heavy atom. The summed E-state index contributed by atoms with van der Waals surface area (Å²) in [7, 11) is 0. The summed E-state index contributed by atoms with van der Waals surface area (Å²) >= 11 is 0. The number of anilines is 2. The fourth-order valence-corrected chi connectivity index (χ4v) is 4.39. The van der Waals surface area contributed by atoms with Gasteiger partial charge in [0.15, 0.2) is 0 Å². The maximum Gasteiger partial charge on any atom is 0.238 e. The molecule has 0 atom stereocenters. The highest BCUT2D eigenvalue weighted by atomic mass is 16.2. The SMILES string of the molecule is Cc1cccc(NC(=O)CN2CCN(CC(=O)Nc3ccccc3Cc3ccccc3)CC2)c1C. The maximum atomic E-state index is 12.8. The third-order valence-electron chi connectivity index (χ3n) is 6.61. The van der Waals surface area contributed by atoms with Gasteiger partial charge in [0.1, 0.15) is 0 Å². The second-order valence-corrected chi connectivity index (χ2v) is 9.22. The Hall–Kier alpha value is -3.48. The zero-order valence-electron chi connectivity index (χ0n) is 20.6. The molecular weight excluding hydrogens is 436 g/mol. The zero-order valence-corrected chi connectivity index (χ0v) is 20.6. The van der Waals surface area contributed by atoms with Crippen LogP contribution >= 0.6 is 0 Å². The Morgan fingerprint density at radius 3 is 1.89 bits per heavy atom. The fourth-order valence-electron chi connectivity index (χ4n) is 4.39. The molecule has 0 saturated carbocycles. The molecule has 1 saturated heterocycles. The number of amides is 2. The summed E-state index contributed by atoms with van der Waals surface area (Å²) in [5.74, 6) is -0.00783. The molecular formula is C29H34N4O2. The minimum Gasteiger partial charge on any atom is -0.325 e. The van der Waals surface area contributed by atoms with Gasteiger partial charge in [-0.25, -0.2) is 0 Å². The number of carbonyl (C=O) groups excluding carboxylic acids is 2. The standard InChI is InChI=1S/C29H34N4O2/c1-22-9-8-14-26(23(22)2)30-28(34)20-32-15-17-33(18-16-32)21-29(35)31-27-13-7-6-12-25(27)19-24-10-4-3-5-11-24/h3-14H,15-21H2,1-2H3,(H,30,34)(H,31,35). The molecule has 2 amide bonds. The van der Waals surface area contributed by atoms with Gasteiger partial charge in [0, 0.05) is 37.6 Å². The van der Waals surface area contributed by atoms with Gasteiger partial charge in [-0.2, -0.15) is 0 Å². The predicted molar refractivity (Wildman–Crippen MR) is 142 cm³/mol. The number of rotatable bonds is 8. The molecule has 0 spiro atoms. The van der Waals surface area contributed by atoms with E-state index < -0.39 is 0 Å². The van der Waals surface area contributed by atoms with E-state index in [9.17, 15) is 9.59 Å². The number of para-hydroxylation sites is 1. The minimum absolute atomic E-state index is 0.0000776. The third kappa shape index (κ3) is 7.01. The van der Waals surface area contributed by atoms with Crippen LogP contribution in [-0.2, 0) is 16.0 Å². The van der Waals surface area contributed by atoms with E-state index in [1.54, 1.807) is 0 Å². The third-order valence-corrected chi connectivity index (χ3v) is 6.61. The number of aryl methyl sites for hydroxylation is 1. The molecule has 2 N–H and O–H groups in total. The highest BCUT2D eigenvalue weighted by Gasteiger charge is 2.21. The summed E-state index contributed by atoms with van der Waals surface area (Å²) < 4.78 is 0. The van der Waals surface area contributed by atoms with Gasteiger partial charge in [0.2, 0.25) is 11.8 Å². The lowest BCUT2D eigenvalue weighted by molar-refractivity contribution is -0.120. The Bertz CT molecular complexity index is 1150. The summed E-state index contributed by atoms with van der Waals surface area (Å²) in [6.45, 7) is 7.82. The largest absolute Gasteiger partial charge is 0.325 e. The molecule has 0 aliphatic carbocycles. The molecule has 1 aliphatic rings. The molecule has 3 aromatic rings. The first-order valence-corrected chi connectivity index (χ1v) is 12.2. The monoisotopic (exact) mass is 470 g/mol. The second kappa shape index (κ2) is 11.8. The minimum atomic E-state index is -0.00775. The molecule has 1 aliphatic heterocycles. The normalized spacial score (nSPS) is 14.5. The van der Waals surface area contributed by atoms with Crippen LogP contribution in [0.4, 0.5) is 11.4 Å². The van der Waals surface area contributed by atoms with Crippen LogP contribution in [0, 0.1) is 13.8 Å². The van der Waals surface area contributed by atoms with Gasteiger partial charge in [-0.05, 0) is 54.7 Å². The van der Waals surface area contributed by atoms with Crippen molar-refractivity contribution in [2.75, 3.05) is 49.9 Å². The second-order valence-electron chi connectivity index (χ2n) is 9.22. The Kier molecular flexibility index (Phi) is 8.29. The molecule has 0 aromatic heterocycles. The number of carbonyl (C=O) groups is 2. The summed E-state index contributed by atoms with van der Waals surface area (Å²) in [5.41, 5.74) is 6.32. The van der Waals surface area contributed by atoms with Crippen LogP contribution in [0.5, 0.6) is 0 Å². The van der Waals surface area contributed by atoms with E-state index in [4.69, 9.17) is 0 Å². The zero-order chi connectivity index (χ0) is 24.6. The van der Waals surface area contributed by atoms with Crippen molar-refractivity contribution in [2.24, 2.45) is 0 Å². The van der Waals surface area contributed by atoms with Crippen LogP contribution in [0.15, 0.2) is 72.8 Å². The summed E-state index contributed by atoms with van der Waals surface area (Å²) in [6.07, 6.45) is 0.778. The average Bonchev–Trinajstić information content (AvgIpc) is 2.85. The van der Waals surface area contributed by atoms with Crippen LogP contribution in [0.1, 0.15) is 22.3 Å². The van der Waals surface area contributed by atoms with Crippen LogP contribution in [0.25, 0.3) is 0 Å². The molecule has 0 bridgehead atoms. The molecule has 0 radical (unpaired) electrons. The van der Waals surface area contributed by atoms with E-state index in [-0.39, 0.29) is 11.8 Å². The van der Waals surface area contributed by atoms with Crippen LogP contribution in [0.3, 0.4) is 0 Å². The molecule has 182 valence electrons. The van der Waals surface area contributed by atoms with Crippen LogP contribution < -0.4 is 10.6 Å². The number of benzene rings is 3. The van der Waals surface area contributed by atoms with Crippen molar-refractivity contribution in [1.82, 2.24) is 9.80 Å². The molecule has 6 nitrogen and oxygen atoms in total. The summed E-state index contributed by atoms with van der Waals surface area (Å²) in [5, 5.41) is 6.13. The highest BCUT2D eigenvalue weighted by Crippen LogP contribution is 2.20. The van der Waals surface area contributed by atoms with E-state index in [0.717, 1.165) is 60.7 Å². The average molecular weight is 471 g/mol. The van der Waals surface area contributed by atoms with Crippen molar-refractivity contribution in [3.8, 4) is 0 Å². The molecule has 1 fully saturated rings. The van der Waals surface area contributed by atoms with E-state index in [2.05, 4.69) is 38.6 Å². The first-order valence-electron chi connectivity index (χ1n) is 12.2. The molecule has 3 aromatic carbocycles. The van der Waals surface area contributed by atoms with Gasteiger partial charge in [0.05, 0.1) is 13.1 Å². The van der Waals surface area contributed by atoms with E-state index in [1.165, 1.54) is 5.56 Å². The number of hydrogen-bond acceptors (Lipinski definition) is 4. The highest BCUT2D eigenvalue weighted by molar-refractivity contribution is 5.93. The molecule has 35 heavy (non-hydrogen) atoms. The van der Waals surface area contributed by atoms with Crippen LogP contribution in [0.2, 0.25) is 0 Å². The number of nitrogens with zero attached hydrogens (tertiary/aromatic N) is 2. The van der Waals surface area contributed by atoms with Gasteiger partial charge in [-0.3, -0.25) is 19.4 Å². The topological polar surface area (TPSA) is 64.7 Å². The Morgan fingerprint density at radius 2 is 1.23 bits per heavy atom. The fraction of sp³-hybridized carbons (Fsp3) is 0.310. The van der Waals surface area contributed by atoms with Gasteiger partial charge < -0.3 is 10.6 Å². The number of hydrogen-bond donors (Lipinski definition) is 2. The maximum absolute atomic E-state index is 12.8. The van der Waals surface area contributed by atoms with E-state index in [0.29, 0.717) is 13.1 Å². The molecule has 1 heterocycles. The van der Waals surface area contributed by atoms with E-state index >= 15 is 0 Å². The van der Waals surface area contributed by atoms with Crippen molar-refractivity contribution in [3.63, 3.8) is 0 Å². The lowest BCUT2D eigenvalue weighted by atomic mass is 10.0. The quantitative estimate of drug-likeness (QED) is 0.521. The first kappa shape index (κ1) is 24.6. The number of nitrogens with one attached hydrogen (secondary N) is 2. The van der Waals surface area contributed by atoms with Crippen molar-refractivity contribution < 1.29 is 9.59 Å². The lowest BCUT2D eigenvalue weighted by Crippen LogP contribution is -2.50. The van der Waals surface area contributed by atoms with Crippen molar-refractivity contribution in [1.29, 1.82) is 0 Å². The summed E-state index contributed by atoms with van der Waals surface area (Å²) in [6, 6.07) is 24.2. The van der Waals surface area contributed by atoms with Gasteiger partial charge in [-0.15, -0.1) is 0 Å². The predicted octanol–water partition coefficient (Wildman–Crippen LogP) is 4.09. The molecule has 6 heteroatoms. The lowest BCUT2D eigenvalue weighted by Gasteiger charge is -2.33. The molecule has 0 unspecified atom stereocenters. The Balaban J connectivity index is 1.23. The van der Waals surface area contributed by atoms with Crippen LogP contribution in [-0.4, -0.2) is 60.9 Å². The van der Waals surface area contributed by atoms with Crippen molar-refractivity contribution >= 4 is 23.2 Å². The summed E-state index contributed by atoms with van der Waals surface area (Å²) in [4.78, 5) is 29.6. The van der Waals surface area contributed by atoms with Crippen molar-refractivity contribution in [3.05, 3.63) is 95.1 Å². The first-order chi connectivity index (χ1) is 17.0. The Labute approximate surface area is 207 Å². The molecule has 4 rings (SSSR count). The smallest absolute Gasteiger partial charge is 0.238 e.